The summed E-state index contributed by atoms with van der Waals surface area (Å²) in [5.41, 5.74) is 5.75. The molecule has 1 amide bonds. The number of nitrogens with two attached hydrogens (primary N) is 1. The lowest BCUT2D eigenvalue weighted by molar-refractivity contribution is 0.0430. The minimum absolute atomic E-state index is 0.0880. The highest BCUT2D eigenvalue weighted by Crippen LogP contribution is 2.26. The van der Waals surface area contributed by atoms with Crippen LogP contribution in [-0.2, 0) is 6.54 Å². The number of hydrogen-bond acceptors (Lipinski definition) is 4. The molecule has 88 valence electrons. The first kappa shape index (κ1) is 11.6. The van der Waals surface area contributed by atoms with Crippen LogP contribution in [0, 0.1) is 5.92 Å². The van der Waals surface area contributed by atoms with Gasteiger partial charge in [-0.05, 0) is 31.4 Å². The van der Waals surface area contributed by atoms with Crippen LogP contribution in [0.4, 0.5) is 0 Å². The lowest BCUT2D eigenvalue weighted by atomic mass is 9.82. The van der Waals surface area contributed by atoms with Gasteiger partial charge in [-0.3, -0.25) is 4.79 Å². The first-order valence-electron chi connectivity index (χ1n) is 5.41. The van der Waals surface area contributed by atoms with E-state index < -0.39 is 0 Å². The SMILES string of the molecule is NC(=O)c1csc(CNCC2CC(O)C2)c1. The predicted molar refractivity (Wildman–Crippen MR) is 63.3 cm³/mol. The van der Waals surface area contributed by atoms with E-state index in [0.29, 0.717) is 11.5 Å². The zero-order valence-electron chi connectivity index (χ0n) is 8.98. The van der Waals surface area contributed by atoms with Crippen LogP contribution in [0.5, 0.6) is 0 Å². The first-order valence-corrected chi connectivity index (χ1v) is 6.29. The van der Waals surface area contributed by atoms with Crippen LogP contribution in [0.2, 0.25) is 0 Å². The third kappa shape index (κ3) is 2.81. The van der Waals surface area contributed by atoms with E-state index in [0.717, 1.165) is 30.8 Å². The van der Waals surface area contributed by atoms with Crippen molar-refractivity contribution in [2.24, 2.45) is 11.7 Å². The number of nitrogens with one attached hydrogen (secondary N) is 1. The number of amides is 1. The standard InChI is InChI=1S/C11H16N2O2S/c12-11(15)8-3-10(16-6-8)5-13-4-7-1-9(14)2-7/h3,6-7,9,13-14H,1-2,4-5H2,(H2,12,15). The Balaban J connectivity index is 1.70. The van der Waals surface area contributed by atoms with Crippen molar-refractivity contribution in [2.75, 3.05) is 6.54 Å². The van der Waals surface area contributed by atoms with Crippen molar-refractivity contribution in [3.8, 4) is 0 Å². The third-order valence-corrected chi connectivity index (χ3v) is 3.82. The molecule has 16 heavy (non-hydrogen) atoms. The molecule has 0 aliphatic heterocycles. The molecule has 0 saturated heterocycles. The Labute approximate surface area is 98.5 Å². The molecule has 1 aliphatic carbocycles. The lowest BCUT2D eigenvalue weighted by Gasteiger charge is -2.31. The number of hydrogen-bond donors (Lipinski definition) is 3. The highest BCUT2D eigenvalue weighted by molar-refractivity contribution is 7.10. The second-order valence-corrected chi connectivity index (χ2v) is 5.28. The van der Waals surface area contributed by atoms with Gasteiger partial charge in [0, 0.05) is 16.8 Å². The fraction of sp³-hybridized carbons (Fsp3) is 0.545. The normalized spacial score (nSPS) is 24.1. The number of carbonyl (C=O) groups excluding carboxylic acids is 1. The molecule has 1 fully saturated rings. The number of aliphatic hydroxyl groups excluding tert-OH is 1. The van der Waals surface area contributed by atoms with E-state index >= 15 is 0 Å². The maximum Gasteiger partial charge on any atom is 0.249 e. The summed E-state index contributed by atoms with van der Waals surface area (Å²) in [5.74, 6) is 0.232. The van der Waals surface area contributed by atoms with Crippen molar-refractivity contribution < 1.29 is 9.90 Å². The van der Waals surface area contributed by atoms with Crippen LogP contribution in [-0.4, -0.2) is 23.7 Å². The lowest BCUT2D eigenvalue weighted by Crippen LogP contribution is -2.35. The molecule has 0 radical (unpaired) electrons. The Hall–Kier alpha value is -0.910. The summed E-state index contributed by atoms with van der Waals surface area (Å²) in [6.45, 7) is 1.70. The Kier molecular flexibility index (Phi) is 3.58. The van der Waals surface area contributed by atoms with Crippen LogP contribution in [0.25, 0.3) is 0 Å². The van der Waals surface area contributed by atoms with Gasteiger partial charge in [0.15, 0.2) is 0 Å². The number of thiophene rings is 1. The molecule has 4 nitrogen and oxygen atoms in total. The van der Waals surface area contributed by atoms with Gasteiger partial charge in [0.25, 0.3) is 0 Å². The molecule has 1 saturated carbocycles. The van der Waals surface area contributed by atoms with Gasteiger partial charge in [-0.15, -0.1) is 11.3 Å². The Morgan fingerprint density at radius 2 is 2.38 bits per heavy atom. The molecule has 0 unspecified atom stereocenters. The molecule has 4 N–H and O–H groups in total. The van der Waals surface area contributed by atoms with Gasteiger partial charge in [-0.1, -0.05) is 0 Å². The van der Waals surface area contributed by atoms with E-state index in [4.69, 9.17) is 10.8 Å². The second-order valence-electron chi connectivity index (χ2n) is 4.29. The van der Waals surface area contributed by atoms with E-state index in [9.17, 15) is 4.79 Å². The van der Waals surface area contributed by atoms with Crippen molar-refractivity contribution >= 4 is 17.2 Å². The van der Waals surface area contributed by atoms with Crippen LogP contribution in [0.15, 0.2) is 11.4 Å². The molecule has 0 spiro atoms. The van der Waals surface area contributed by atoms with Gasteiger partial charge in [0.1, 0.15) is 0 Å². The number of carbonyl (C=O) groups is 1. The van der Waals surface area contributed by atoms with Crippen molar-refractivity contribution in [3.05, 3.63) is 21.9 Å². The van der Waals surface area contributed by atoms with Gasteiger partial charge in [0.2, 0.25) is 5.91 Å². The Morgan fingerprint density at radius 1 is 1.62 bits per heavy atom. The molecule has 0 aromatic carbocycles. The average Bonchev–Trinajstić information content (AvgIpc) is 2.63. The maximum absolute atomic E-state index is 10.9. The van der Waals surface area contributed by atoms with Gasteiger partial charge >= 0.3 is 0 Å². The van der Waals surface area contributed by atoms with Crippen molar-refractivity contribution in [2.45, 2.75) is 25.5 Å². The highest BCUT2D eigenvalue weighted by Gasteiger charge is 2.26. The molecule has 2 rings (SSSR count). The molecule has 0 atom stereocenters. The smallest absolute Gasteiger partial charge is 0.249 e. The summed E-state index contributed by atoms with van der Waals surface area (Å²) in [4.78, 5) is 12.0. The van der Waals surface area contributed by atoms with Crippen LogP contribution in [0.1, 0.15) is 28.1 Å². The van der Waals surface area contributed by atoms with Gasteiger partial charge in [-0.25, -0.2) is 0 Å². The van der Waals surface area contributed by atoms with Crippen LogP contribution >= 0.6 is 11.3 Å². The fourth-order valence-corrected chi connectivity index (χ4v) is 2.71. The topological polar surface area (TPSA) is 75.4 Å². The van der Waals surface area contributed by atoms with Crippen LogP contribution < -0.4 is 11.1 Å². The quantitative estimate of drug-likeness (QED) is 0.709. The van der Waals surface area contributed by atoms with E-state index in [1.54, 1.807) is 16.7 Å². The predicted octanol–water partition coefficient (Wildman–Crippen LogP) is 0.707. The van der Waals surface area contributed by atoms with Crippen molar-refractivity contribution in [1.82, 2.24) is 5.32 Å². The summed E-state index contributed by atoms with van der Waals surface area (Å²) in [6, 6.07) is 1.83. The van der Waals surface area contributed by atoms with E-state index in [1.165, 1.54) is 0 Å². The summed E-state index contributed by atoms with van der Waals surface area (Å²) in [5, 5.41) is 14.2. The summed E-state index contributed by atoms with van der Waals surface area (Å²) < 4.78 is 0. The molecule has 1 aromatic rings. The Morgan fingerprint density at radius 3 is 2.94 bits per heavy atom. The molecule has 1 heterocycles. The van der Waals surface area contributed by atoms with Crippen LogP contribution in [0.3, 0.4) is 0 Å². The zero-order valence-corrected chi connectivity index (χ0v) is 9.80. The number of rotatable bonds is 5. The van der Waals surface area contributed by atoms with E-state index in [2.05, 4.69) is 5.32 Å². The minimum Gasteiger partial charge on any atom is -0.393 e. The van der Waals surface area contributed by atoms with Gasteiger partial charge in [0.05, 0.1) is 11.7 Å². The third-order valence-electron chi connectivity index (χ3n) is 2.88. The largest absolute Gasteiger partial charge is 0.393 e. The Bertz CT molecular complexity index is 372. The second kappa shape index (κ2) is 4.95. The molecule has 1 aromatic heterocycles. The average molecular weight is 240 g/mol. The molecular weight excluding hydrogens is 224 g/mol. The molecule has 1 aliphatic rings. The fourth-order valence-electron chi connectivity index (χ4n) is 1.87. The van der Waals surface area contributed by atoms with Gasteiger partial charge in [-0.2, -0.15) is 0 Å². The van der Waals surface area contributed by atoms with E-state index in [1.807, 2.05) is 6.07 Å². The molecular formula is C11H16N2O2S. The van der Waals surface area contributed by atoms with E-state index in [-0.39, 0.29) is 12.0 Å². The molecule has 0 bridgehead atoms. The number of primary amides is 1. The summed E-state index contributed by atoms with van der Waals surface area (Å²) in [7, 11) is 0. The summed E-state index contributed by atoms with van der Waals surface area (Å²) >= 11 is 1.54. The monoisotopic (exact) mass is 240 g/mol. The number of aliphatic hydroxyl groups is 1. The first-order chi connectivity index (χ1) is 7.65. The highest BCUT2D eigenvalue weighted by atomic mass is 32.1. The van der Waals surface area contributed by atoms with Crippen molar-refractivity contribution in [3.63, 3.8) is 0 Å². The summed E-state index contributed by atoms with van der Waals surface area (Å²) in [6.07, 6.45) is 1.73. The zero-order chi connectivity index (χ0) is 11.5. The van der Waals surface area contributed by atoms with Crippen molar-refractivity contribution in [1.29, 1.82) is 0 Å². The maximum atomic E-state index is 10.9. The minimum atomic E-state index is -0.371. The molecule has 5 heteroatoms. The van der Waals surface area contributed by atoms with Gasteiger partial charge < -0.3 is 16.2 Å².